The van der Waals surface area contributed by atoms with Crippen LogP contribution in [0.15, 0.2) is 0 Å². The van der Waals surface area contributed by atoms with Crippen LogP contribution in [0.1, 0.15) is 33.6 Å². The van der Waals surface area contributed by atoms with E-state index in [1.165, 1.54) is 0 Å². The van der Waals surface area contributed by atoms with Gasteiger partial charge in [0.15, 0.2) is 6.67 Å². The zero-order valence-electron chi connectivity index (χ0n) is 18.1. The summed E-state index contributed by atoms with van der Waals surface area (Å²) in [5.74, 6) is -0.257. The first-order valence-corrected chi connectivity index (χ1v) is 8.81. The molecule has 0 rings (SSSR count). The summed E-state index contributed by atoms with van der Waals surface area (Å²) in [6.45, 7) is 0.461. The maximum absolute atomic E-state index is 12.5. The first-order valence-electron chi connectivity index (χ1n) is 8.81. The van der Waals surface area contributed by atoms with E-state index >= 15 is 0 Å². The van der Waals surface area contributed by atoms with Crippen LogP contribution >= 0.6 is 0 Å². The zero-order valence-corrected chi connectivity index (χ0v) is 18.1. The van der Waals surface area contributed by atoms with Crippen molar-refractivity contribution in [1.82, 2.24) is 5.32 Å². The maximum Gasteiger partial charge on any atom is 0.416 e. The van der Waals surface area contributed by atoms with E-state index in [-0.39, 0.29) is 19.2 Å². The number of nitrogens with two attached hydrogens (primary N) is 1. The highest BCUT2D eigenvalue weighted by atomic mass is 19.4. The van der Waals surface area contributed by atoms with Gasteiger partial charge in [0, 0.05) is 6.54 Å². The van der Waals surface area contributed by atoms with Gasteiger partial charge in [-0.05, 0) is 33.2 Å². The molecule has 0 aliphatic rings. The summed E-state index contributed by atoms with van der Waals surface area (Å²) in [5, 5.41) is 2.65. The van der Waals surface area contributed by atoms with Crippen LogP contribution in [0.4, 0.5) is 43.9 Å². The van der Waals surface area contributed by atoms with E-state index in [0.717, 1.165) is 0 Å². The summed E-state index contributed by atoms with van der Waals surface area (Å²) in [6, 6.07) is 0. The lowest BCUT2D eigenvalue weighted by Crippen LogP contribution is -2.41. The van der Waals surface area contributed by atoms with E-state index in [1.54, 1.807) is 20.8 Å². The van der Waals surface area contributed by atoms with Crippen molar-refractivity contribution >= 4 is 5.91 Å². The van der Waals surface area contributed by atoms with Crippen LogP contribution in [0, 0.1) is 5.41 Å². The van der Waals surface area contributed by atoms with Crippen LogP contribution in [0.25, 0.3) is 0 Å². The molecule has 31 heavy (non-hydrogen) atoms. The first-order chi connectivity index (χ1) is 14.3. The van der Waals surface area contributed by atoms with Crippen LogP contribution in [-0.4, -0.2) is 72.3 Å². The third-order valence-corrected chi connectivity index (χ3v) is 2.37. The van der Waals surface area contributed by atoms with E-state index < -0.39 is 38.2 Å². The van der Waals surface area contributed by atoms with Crippen molar-refractivity contribution in [2.75, 3.05) is 53.8 Å². The second-order valence-electron chi connectivity index (χ2n) is 5.70. The monoisotopic (exact) mass is 488 g/mol. The molecule has 4 nitrogen and oxygen atoms in total. The van der Waals surface area contributed by atoms with Gasteiger partial charge in [0.05, 0.1) is 25.9 Å². The lowest BCUT2D eigenvalue weighted by atomic mass is 9.93. The molecule has 0 aliphatic carbocycles. The van der Waals surface area contributed by atoms with Crippen LogP contribution in [0.3, 0.4) is 0 Å². The molecule has 0 bridgehead atoms. The molecule has 0 aromatic carbocycles. The quantitative estimate of drug-likeness (QED) is 0.350. The number of nitrogens with one attached hydrogen (secondary N) is 1. The molecule has 0 aliphatic heterocycles. The fraction of sp³-hybridized carbons (Fsp3) is 0.941. The highest BCUT2D eigenvalue weighted by molar-refractivity contribution is 5.81. The van der Waals surface area contributed by atoms with E-state index in [0.29, 0.717) is 33.1 Å². The Morgan fingerprint density at radius 3 is 1.71 bits per heavy atom. The number of alkyl halides is 10. The number of halogens is 10. The van der Waals surface area contributed by atoms with Gasteiger partial charge in [-0.2, -0.15) is 13.2 Å². The molecule has 1 atom stereocenters. The Hall–Kier alpha value is -1.31. The average molecular weight is 488 g/mol. The van der Waals surface area contributed by atoms with E-state index in [1.807, 2.05) is 0 Å². The van der Waals surface area contributed by atoms with Gasteiger partial charge in [0.25, 0.3) is 0 Å². The predicted octanol–water partition coefficient (Wildman–Crippen LogP) is 5.11. The third kappa shape index (κ3) is 43.4. The third-order valence-electron chi connectivity index (χ3n) is 2.37. The molecule has 0 heterocycles. The van der Waals surface area contributed by atoms with Gasteiger partial charge in [-0.25, -0.2) is 22.0 Å². The molecule has 0 radical (unpaired) electrons. The Morgan fingerprint density at radius 2 is 1.45 bits per heavy atom. The minimum absolute atomic E-state index is 0.160. The smallest absolute Gasteiger partial charge is 0.356 e. The largest absolute Gasteiger partial charge is 0.416 e. The summed E-state index contributed by atoms with van der Waals surface area (Å²) < 4.78 is 110. The predicted molar refractivity (Wildman–Crippen MR) is 99.7 cm³/mol. The van der Waals surface area contributed by atoms with Gasteiger partial charge < -0.3 is 15.8 Å². The molecule has 194 valence electrons. The second kappa shape index (κ2) is 28.7. The molecule has 0 fully saturated rings. The highest BCUT2D eigenvalue weighted by Gasteiger charge is 2.29. The summed E-state index contributed by atoms with van der Waals surface area (Å²) in [6.07, 6.45) is -5.25. The van der Waals surface area contributed by atoms with Gasteiger partial charge in [-0.1, -0.05) is 6.92 Å². The highest BCUT2D eigenvalue weighted by Crippen LogP contribution is 2.17. The Bertz CT molecular complexity index is 347. The van der Waals surface area contributed by atoms with Crippen molar-refractivity contribution in [2.24, 2.45) is 11.1 Å². The minimum Gasteiger partial charge on any atom is -0.356 e. The molecule has 1 amide bonds. The lowest BCUT2D eigenvalue weighted by molar-refractivity contribution is -0.142. The molecular weight excluding hydrogens is 454 g/mol. The molecule has 0 aromatic heterocycles. The summed E-state index contributed by atoms with van der Waals surface area (Å²) in [4.78, 5) is 11.6. The van der Waals surface area contributed by atoms with Crippen molar-refractivity contribution in [1.29, 1.82) is 0 Å². The minimum atomic E-state index is -4.62. The van der Waals surface area contributed by atoms with Gasteiger partial charge in [-0.3, -0.25) is 13.6 Å². The van der Waals surface area contributed by atoms with Crippen molar-refractivity contribution in [3.8, 4) is 0 Å². The molecule has 0 saturated carbocycles. The first kappa shape index (κ1) is 40.1. The van der Waals surface area contributed by atoms with Crippen LogP contribution < -0.4 is 11.1 Å². The normalized spacial score (nSPS) is 11.1. The molecule has 1 unspecified atom stereocenters. The number of carbonyl (C=O) groups excluding carboxylic acids is 1. The number of rotatable bonds is 9. The Labute approximate surface area is 176 Å². The Balaban J connectivity index is -0.000000123. The zero-order chi connectivity index (χ0) is 25.9. The van der Waals surface area contributed by atoms with Gasteiger partial charge in [0.1, 0.15) is 6.67 Å². The molecule has 0 aromatic rings. The van der Waals surface area contributed by atoms with Crippen molar-refractivity contribution in [3.05, 3.63) is 0 Å². The Morgan fingerprint density at radius 1 is 1.06 bits per heavy atom. The fourth-order valence-corrected chi connectivity index (χ4v) is 0.952. The summed E-state index contributed by atoms with van der Waals surface area (Å²) >= 11 is 0. The summed E-state index contributed by atoms with van der Waals surface area (Å²) in [5.41, 5.74) is 4.39. The van der Waals surface area contributed by atoms with E-state index in [2.05, 4.69) is 10.1 Å². The average Bonchev–Trinajstić information content (AvgIpc) is 2.74. The number of carbonyl (C=O) groups is 1. The maximum atomic E-state index is 12.5. The van der Waals surface area contributed by atoms with E-state index in [9.17, 15) is 48.7 Å². The van der Waals surface area contributed by atoms with Crippen LogP contribution in [-0.2, 0) is 9.53 Å². The van der Waals surface area contributed by atoms with Crippen molar-refractivity contribution in [3.63, 3.8) is 0 Å². The number of hydrogen-bond donors (Lipinski definition) is 2. The second-order valence-corrected chi connectivity index (χ2v) is 5.70. The fourth-order valence-electron chi connectivity index (χ4n) is 0.952. The topological polar surface area (TPSA) is 64.3 Å². The van der Waals surface area contributed by atoms with E-state index in [4.69, 9.17) is 5.73 Å². The molecular formula is C17H34F10N2O2. The van der Waals surface area contributed by atoms with Gasteiger partial charge in [-0.15, -0.1) is 0 Å². The number of amides is 1. The van der Waals surface area contributed by atoms with Crippen LogP contribution in [0.5, 0.6) is 0 Å². The van der Waals surface area contributed by atoms with Gasteiger partial charge >= 0.3 is 6.18 Å². The number of hydrogen-bond acceptors (Lipinski definition) is 3. The SMILES string of the molecule is CC(C)(COC(F)CF)C(=O)NCCCN.CCCF.CF.FCC(F)(F)F.FCF. The number of ether oxygens (including phenoxy) is 1. The van der Waals surface area contributed by atoms with Crippen molar-refractivity contribution < 1.29 is 53.4 Å². The Kier molecular flexibility index (Phi) is 37.1. The lowest BCUT2D eigenvalue weighted by Gasteiger charge is -2.23. The van der Waals surface area contributed by atoms with Crippen LogP contribution in [0.2, 0.25) is 0 Å². The summed E-state index contributed by atoms with van der Waals surface area (Å²) in [7, 11) is 0.500. The van der Waals surface area contributed by atoms with Gasteiger partial charge in [0.2, 0.25) is 19.2 Å². The van der Waals surface area contributed by atoms with Crippen molar-refractivity contribution in [2.45, 2.75) is 46.1 Å². The standard InChI is InChI=1S/C10H20F2N2O2.C3H7F.C2H2F4.CH2F2.CH3F/c1-10(2,7-16-8(12)6-11)9(15)14-5-3-4-13;1-2-3-4;3-1-2(4,5)6;2-1-3;1-2/h8H,3-7,13H2,1-2H3,(H,14,15);2-3H2,1H3;1H2;1H2;1H3. The molecule has 0 saturated heterocycles. The molecule has 14 heteroatoms. The molecule has 0 spiro atoms. The molecule has 3 N–H and O–H groups in total.